The fourth-order valence-electron chi connectivity index (χ4n) is 1.65. The van der Waals surface area contributed by atoms with Crippen molar-refractivity contribution in [2.75, 3.05) is 13.1 Å². The summed E-state index contributed by atoms with van der Waals surface area (Å²) in [6.45, 7) is 3.97. The molecule has 1 aromatic rings. The first-order chi connectivity index (χ1) is 8.25. The highest BCUT2D eigenvalue weighted by molar-refractivity contribution is 5.77. The number of hydrogen-bond acceptors (Lipinski definition) is 3. The van der Waals surface area contributed by atoms with Crippen LogP contribution in [0.4, 0.5) is 0 Å². The molecule has 1 heterocycles. The van der Waals surface area contributed by atoms with E-state index < -0.39 is 0 Å². The lowest BCUT2D eigenvalue weighted by molar-refractivity contribution is -0.120. The van der Waals surface area contributed by atoms with Crippen LogP contribution < -0.4 is 10.6 Å². The van der Waals surface area contributed by atoms with E-state index in [1.54, 1.807) is 12.4 Å². The highest BCUT2D eigenvalue weighted by atomic mass is 16.1. The van der Waals surface area contributed by atoms with Gasteiger partial charge < -0.3 is 10.6 Å². The predicted molar refractivity (Wildman–Crippen MR) is 66.4 cm³/mol. The summed E-state index contributed by atoms with van der Waals surface area (Å²) in [6, 6.07) is 1.95. The summed E-state index contributed by atoms with van der Waals surface area (Å²) in [5, 5.41) is 6.06. The molecule has 1 amide bonds. The standard InChI is InChI=1S/C13H19N3O/c1-10-4-5-14-7-12(10)8-16-13(17)9-15-6-11-2-3-11/h4-5,7,11,15H,2-3,6,8-9H2,1H3,(H,16,17). The minimum Gasteiger partial charge on any atom is -0.351 e. The van der Waals surface area contributed by atoms with Gasteiger partial charge in [0.2, 0.25) is 5.91 Å². The van der Waals surface area contributed by atoms with Crippen LogP contribution in [0.1, 0.15) is 24.0 Å². The Morgan fingerprint density at radius 3 is 3.06 bits per heavy atom. The molecule has 1 aromatic heterocycles. The topological polar surface area (TPSA) is 54.0 Å². The molecule has 4 nitrogen and oxygen atoms in total. The molecule has 0 aromatic carbocycles. The number of nitrogens with zero attached hydrogens (tertiary/aromatic N) is 1. The van der Waals surface area contributed by atoms with Crippen LogP contribution in [0, 0.1) is 12.8 Å². The van der Waals surface area contributed by atoms with Crippen LogP contribution in [0.2, 0.25) is 0 Å². The molecule has 2 rings (SSSR count). The van der Waals surface area contributed by atoms with Gasteiger partial charge in [-0.25, -0.2) is 0 Å². The first kappa shape index (κ1) is 12.0. The van der Waals surface area contributed by atoms with Crippen LogP contribution in [0.15, 0.2) is 18.5 Å². The molecule has 1 aliphatic carbocycles. The van der Waals surface area contributed by atoms with Gasteiger partial charge in [-0.1, -0.05) is 0 Å². The Hall–Kier alpha value is -1.42. The Labute approximate surface area is 102 Å². The number of amides is 1. The summed E-state index contributed by atoms with van der Waals surface area (Å²) in [4.78, 5) is 15.6. The molecule has 0 aliphatic heterocycles. The molecular formula is C13H19N3O. The molecular weight excluding hydrogens is 214 g/mol. The minimum absolute atomic E-state index is 0.0499. The molecule has 0 unspecified atom stereocenters. The van der Waals surface area contributed by atoms with Gasteiger partial charge in [0.25, 0.3) is 0 Å². The second-order valence-corrected chi connectivity index (χ2v) is 4.65. The SMILES string of the molecule is Cc1ccncc1CNC(=O)CNCC1CC1. The molecule has 92 valence electrons. The van der Waals surface area contributed by atoms with Gasteiger partial charge in [-0.2, -0.15) is 0 Å². The monoisotopic (exact) mass is 233 g/mol. The van der Waals surface area contributed by atoms with E-state index in [0.717, 1.165) is 23.6 Å². The van der Waals surface area contributed by atoms with Crippen LogP contribution >= 0.6 is 0 Å². The van der Waals surface area contributed by atoms with E-state index in [-0.39, 0.29) is 5.91 Å². The second kappa shape index (κ2) is 5.77. The fourth-order valence-corrected chi connectivity index (χ4v) is 1.65. The first-order valence-corrected chi connectivity index (χ1v) is 6.12. The molecule has 17 heavy (non-hydrogen) atoms. The van der Waals surface area contributed by atoms with E-state index in [1.165, 1.54) is 12.8 Å². The Kier molecular flexibility index (Phi) is 4.09. The van der Waals surface area contributed by atoms with Crippen molar-refractivity contribution in [3.05, 3.63) is 29.6 Å². The van der Waals surface area contributed by atoms with Gasteiger partial charge in [-0.3, -0.25) is 9.78 Å². The smallest absolute Gasteiger partial charge is 0.234 e. The summed E-state index contributed by atoms with van der Waals surface area (Å²) in [5.41, 5.74) is 2.23. The van der Waals surface area contributed by atoms with Gasteiger partial charge in [-0.05, 0) is 49.4 Å². The molecule has 1 saturated carbocycles. The summed E-state index contributed by atoms with van der Waals surface area (Å²) in [5.74, 6) is 0.859. The summed E-state index contributed by atoms with van der Waals surface area (Å²) < 4.78 is 0. The normalized spacial score (nSPS) is 14.6. The van der Waals surface area contributed by atoms with Gasteiger partial charge in [0.15, 0.2) is 0 Å². The van der Waals surface area contributed by atoms with Crippen LogP contribution in [0.5, 0.6) is 0 Å². The zero-order valence-corrected chi connectivity index (χ0v) is 10.2. The number of nitrogens with one attached hydrogen (secondary N) is 2. The number of aryl methyl sites for hydroxylation is 1. The molecule has 0 saturated heterocycles. The summed E-state index contributed by atoms with van der Waals surface area (Å²) >= 11 is 0. The average molecular weight is 233 g/mol. The molecule has 0 atom stereocenters. The van der Waals surface area contributed by atoms with Crippen LogP contribution in [0.25, 0.3) is 0 Å². The lowest BCUT2D eigenvalue weighted by Gasteiger charge is -2.08. The van der Waals surface area contributed by atoms with Crippen molar-refractivity contribution in [2.45, 2.75) is 26.3 Å². The van der Waals surface area contributed by atoms with Crippen LogP contribution in [-0.2, 0) is 11.3 Å². The highest BCUT2D eigenvalue weighted by Gasteiger charge is 2.20. The Morgan fingerprint density at radius 1 is 1.53 bits per heavy atom. The van der Waals surface area contributed by atoms with E-state index in [1.807, 2.05) is 13.0 Å². The lowest BCUT2D eigenvalue weighted by atomic mass is 10.1. The van der Waals surface area contributed by atoms with Crippen molar-refractivity contribution < 1.29 is 4.79 Å². The maximum atomic E-state index is 11.5. The summed E-state index contributed by atoms with van der Waals surface area (Å²) in [6.07, 6.45) is 6.18. The zero-order valence-electron chi connectivity index (χ0n) is 10.2. The maximum Gasteiger partial charge on any atom is 0.234 e. The average Bonchev–Trinajstić information content (AvgIpc) is 3.12. The first-order valence-electron chi connectivity index (χ1n) is 6.12. The van der Waals surface area contributed by atoms with Gasteiger partial charge in [0, 0.05) is 18.9 Å². The fraction of sp³-hybridized carbons (Fsp3) is 0.538. The van der Waals surface area contributed by atoms with E-state index in [9.17, 15) is 4.79 Å². The van der Waals surface area contributed by atoms with E-state index in [0.29, 0.717) is 13.1 Å². The number of rotatable bonds is 6. The predicted octanol–water partition coefficient (Wildman–Crippen LogP) is 1.01. The third-order valence-corrected chi connectivity index (χ3v) is 3.04. The maximum absolute atomic E-state index is 11.5. The molecule has 1 aliphatic rings. The Balaban J connectivity index is 1.66. The van der Waals surface area contributed by atoms with Gasteiger partial charge in [0.1, 0.15) is 0 Å². The van der Waals surface area contributed by atoms with Crippen LogP contribution in [-0.4, -0.2) is 24.0 Å². The van der Waals surface area contributed by atoms with Gasteiger partial charge >= 0.3 is 0 Å². The van der Waals surface area contributed by atoms with Crippen molar-refractivity contribution in [3.63, 3.8) is 0 Å². The van der Waals surface area contributed by atoms with Crippen molar-refractivity contribution in [3.8, 4) is 0 Å². The number of carbonyl (C=O) groups excluding carboxylic acids is 1. The largest absolute Gasteiger partial charge is 0.351 e. The molecule has 0 bridgehead atoms. The molecule has 0 radical (unpaired) electrons. The Bertz CT molecular complexity index is 388. The van der Waals surface area contributed by atoms with Crippen molar-refractivity contribution >= 4 is 5.91 Å². The second-order valence-electron chi connectivity index (χ2n) is 4.65. The molecule has 4 heteroatoms. The molecule has 1 fully saturated rings. The van der Waals surface area contributed by atoms with Gasteiger partial charge in [0.05, 0.1) is 6.54 Å². The molecule has 2 N–H and O–H groups in total. The van der Waals surface area contributed by atoms with E-state index >= 15 is 0 Å². The van der Waals surface area contributed by atoms with Gasteiger partial charge in [-0.15, -0.1) is 0 Å². The van der Waals surface area contributed by atoms with E-state index in [4.69, 9.17) is 0 Å². The number of carbonyl (C=O) groups is 1. The Morgan fingerprint density at radius 2 is 2.35 bits per heavy atom. The van der Waals surface area contributed by atoms with Crippen molar-refractivity contribution in [2.24, 2.45) is 5.92 Å². The van der Waals surface area contributed by atoms with E-state index in [2.05, 4.69) is 15.6 Å². The quantitative estimate of drug-likeness (QED) is 0.771. The lowest BCUT2D eigenvalue weighted by Crippen LogP contribution is -2.34. The number of aromatic nitrogens is 1. The molecule has 0 spiro atoms. The van der Waals surface area contributed by atoms with Crippen molar-refractivity contribution in [1.29, 1.82) is 0 Å². The van der Waals surface area contributed by atoms with Crippen LogP contribution in [0.3, 0.4) is 0 Å². The number of pyridine rings is 1. The zero-order chi connectivity index (χ0) is 12.1. The third-order valence-electron chi connectivity index (χ3n) is 3.04. The number of hydrogen-bond donors (Lipinski definition) is 2. The third kappa shape index (κ3) is 4.15. The highest BCUT2D eigenvalue weighted by Crippen LogP contribution is 2.27. The minimum atomic E-state index is 0.0499. The summed E-state index contributed by atoms with van der Waals surface area (Å²) in [7, 11) is 0. The van der Waals surface area contributed by atoms with Crippen molar-refractivity contribution in [1.82, 2.24) is 15.6 Å².